The zero-order chi connectivity index (χ0) is 11.7. The highest BCUT2D eigenvalue weighted by Gasteiger charge is 2.28. The molecule has 1 aromatic rings. The van der Waals surface area contributed by atoms with E-state index in [0.717, 1.165) is 12.6 Å². The van der Waals surface area contributed by atoms with Gasteiger partial charge >= 0.3 is 0 Å². The molecule has 0 aliphatic heterocycles. The molecular formula is C14H23N3. The van der Waals surface area contributed by atoms with E-state index in [1.165, 1.54) is 50.6 Å². The lowest BCUT2D eigenvalue weighted by Crippen LogP contribution is -2.26. The summed E-state index contributed by atoms with van der Waals surface area (Å²) in [7, 11) is 0. The minimum atomic E-state index is 0.702. The van der Waals surface area contributed by atoms with Gasteiger partial charge in [-0.25, -0.2) is 4.98 Å². The summed E-state index contributed by atoms with van der Waals surface area (Å²) >= 11 is 0. The van der Waals surface area contributed by atoms with Crippen molar-refractivity contribution in [3.8, 4) is 0 Å². The first-order valence-electron chi connectivity index (χ1n) is 7.16. The molecule has 0 bridgehead atoms. The van der Waals surface area contributed by atoms with E-state index in [-0.39, 0.29) is 0 Å². The molecule has 3 heteroatoms. The van der Waals surface area contributed by atoms with Crippen LogP contribution in [0.3, 0.4) is 0 Å². The maximum absolute atomic E-state index is 4.61. The monoisotopic (exact) mass is 233 g/mol. The Labute approximate surface area is 104 Å². The van der Waals surface area contributed by atoms with Crippen LogP contribution in [0.2, 0.25) is 0 Å². The molecule has 2 aliphatic carbocycles. The van der Waals surface area contributed by atoms with Crippen molar-refractivity contribution in [2.45, 2.75) is 64.0 Å². The Morgan fingerprint density at radius 1 is 1.35 bits per heavy atom. The van der Waals surface area contributed by atoms with E-state index < -0.39 is 0 Å². The number of fused-ring (bicyclic) bond motifs is 1. The number of imidazole rings is 1. The molecule has 1 heterocycles. The first kappa shape index (κ1) is 11.3. The summed E-state index contributed by atoms with van der Waals surface area (Å²) in [6, 6.07) is 1.43. The van der Waals surface area contributed by atoms with E-state index in [0.29, 0.717) is 6.04 Å². The molecule has 0 amide bonds. The third-order valence-electron chi connectivity index (χ3n) is 4.35. The number of rotatable bonds is 3. The van der Waals surface area contributed by atoms with Crippen LogP contribution in [0.15, 0.2) is 6.33 Å². The van der Waals surface area contributed by atoms with Crippen LogP contribution in [0.4, 0.5) is 0 Å². The van der Waals surface area contributed by atoms with Crippen molar-refractivity contribution < 1.29 is 0 Å². The molecule has 3 nitrogen and oxygen atoms in total. The predicted octanol–water partition coefficient (Wildman–Crippen LogP) is 2.47. The summed E-state index contributed by atoms with van der Waals surface area (Å²) in [6.45, 7) is 3.30. The third kappa shape index (κ3) is 2.13. The largest absolute Gasteiger partial charge is 0.331 e. The molecule has 1 fully saturated rings. The zero-order valence-corrected chi connectivity index (χ0v) is 10.8. The number of aryl methyl sites for hydroxylation is 1. The molecule has 17 heavy (non-hydrogen) atoms. The minimum Gasteiger partial charge on any atom is -0.331 e. The predicted molar refractivity (Wildman–Crippen MR) is 69.2 cm³/mol. The molecule has 1 saturated carbocycles. The standard InChI is InChI=1S/C14H23N3/c1-2-15-11-7-8-12(9-11)17-10-16-13-5-3-4-6-14(13)17/h10-12,15H,2-9H2,1H3. The van der Waals surface area contributed by atoms with Gasteiger partial charge in [0.2, 0.25) is 0 Å². The second-order valence-electron chi connectivity index (χ2n) is 5.47. The quantitative estimate of drug-likeness (QED) is 0.869. The maximum atomic E-state index is 4.61. The van der Waals surface area contributed by atoms with Gasteiger partial charge in [-0.3, -0.25) is 0 Å². The van der Waals surface area contributed by atoms with Gasteiger partial charge in [0.05, 0.1) is 12.0 Å². The molecule has 3 rings (SSSR count). The Bertz CT molecular complexity index is 383. The van der Waals surface area contributed by atoms with E-state index in [4.69, 9.17) is 0 Å². The molecule has 0 radical (unpaired) electrons. The average molecular weight is 233 g/mol. The summed E-state index contributed by atoms with van der Waals surface area (Å²) in [5.74, 6) is 0. The molecule has 0 saturated heterocycles. The van der Waals surface area contributed by atoms with Crippen LogP contribution in [-0.4, -0.2) is 22.1 Å². The highest BCUT2D eigenvalue weighted by atomic mass is 15.1. The van der Waals surface area contributed by atoms with Gasteiger partial charge in [0.1, 0.15) is 0 Å². The molecule has 0 spiro atoms. The molecule has 1 N–H and O–H groups in total. The van der Waals surface area contributed by atoms with Gasteiger partial charge in [-0.05, 0) is 51.5 Å². The summed E-state index contributed by atoms with van der Waals surface area (Å²) < 4.78 is 2.49. The fourth-order valence-corrected chi connectivity index (χ4v) is 3.49. The molecule has 2 aliphatic rings. The van der Waals surface area contributed by atoms with Crippen LogP contribution in [0, 0.1) is 0 Å². The van der Waals surface area contributed by atoms with Gasteiger partial charge in [0, 0.05) is 17.8 Å². The molecule has 1 aromatic heterocycles. The van der Waals surface area contributed by atoms with E-state index in [9.17, 15) is 0 Å². The summed E-state index contributed by atoms with van der Waals surface area (Å²) in [4.78, 5) is 4.61. The van der Waals surface area contributed by atoms with Crippen molar-refractivity contribution in [2.24, 2.45) is 0 Å². The highest BCUT2D eigenvalue weighted by Crippen LogP contribution is 2.33. The lowest BCUT2D eigenvalue weighted by Gasteiger charge is -2.19. The van der Waals surface area contributed by atoms with Gasteiger partial charge in [-0.2, -0.15) is 0 Å². The average Bonchev–Trinajstić information content (AvgIpc) is 2.95. The second-order valence-corrected chi connectivity index (χ2v) is 5.47. The number of aromatic nitrogens is 2. The number of hydrogen-bond acceptors (Lipinski definition) is 2. The Hall–Kier alpha value is -0.830. The summed E-state index contributed by atoms with van der Waals surface area (Å²) in [5, 5.41) is 3.58. The van der Waals surface area contributed by atoms with Crippen LogP contribution in [0.25, 0.3) is 0 Å². The normalized spacial score (nSPS) is 28.3. The topological polar surface area (TPSA) is 29.9 Å². The summed E-state index contributed by atoms with van der Waals surface area (Å²) in [5.41, 5.74) is 2.92. The van der Waals surface area contributed by atoms with E-state index in [1.807, 2.05) is 0 Å². The van der Waals surface area contributed by atoms with Gasteiger partial charge < -0.3 is 9.88 Å². The second kappa shape index (κ2) is 4.81. The zero-order valence-electron chi connectivity index (χ0n) is 10.8. The molecular weight excluding hydrogens is 210 g/mol. The van der Waals surface area contributed by atoms with Crippen molar-refractivity contribution in [1.29, 1.82) is 0 Å². The van der Waals surface area contributed by atoms with Crippen molar-refractivity contribution in [3.63, 3.8) is 0 Å². The Morgan fingerprint density at radius 3 is 3.12 bits per heavy atom. The lowest BCUT2D eigenvalue weighted by atomic mass is 10.0. The Kier molecular flexibility index (Phi) is 3.19. The van der Waals surface area contributed by atoms with Gasteiger partial charge in [-0.1, -0.05) is 6.92 Å². The fourth-order valence-electron chi connectivity index (χ4n) is 3.49. The van der Waals surface area contributed by atoms with Gasteiger partial charge in [-0.15, -0.1) is 0 Å². The maximum Gasteiger partial charge on any atom is 0.0954 e. The van der Waals surface area contributed by atoms with Gasteiger partial charge in [0.25, 0.3) is 0 Å². The van der Waals surface area contributed by atoms with Crippen LogP contribution < -0.4 is 5.32 Å². The van der Waals surface area contributed by atoms with E-state index in [1.54, 1.807) is 5.69 Å². The van der Waals surface area contributed by atoms with Crippen molar-refractivity contribution in [2.75, 3.05) is 6.54 Å². The molecule has 0 aromatic carbocycles. The number of nitrogens with one attached hydrogen (secondary N) is 1. The first-order chi connectivity index (χ1) is 8.38. The highest BCUT2D eigenvalue weighted by molar-refractivity contribution is 5.17. The lowest BCUT2D eigenvalue weighted by molar-refractivity contribution is 0.463. The summed E-state index contributed by atoms with van der Waals surface area (Å²) in [6.07, 6.45) is 11.2. The SMILES string of the molecule is CCNC1CCC(n2cnc3c2CCCC3)C1. The fraction of sp³-hybridized carbons (Fsp3) is 0.786. The molecule has 2 atom stereocenters. The van der Waals surface area contributed by atoms with Gasteiger partial charge in [0.15, 0.2) is 0 Å². The van der Waals surface area contributed by atoms with Crippen molar-refractivity contribution in [1.82, 2.24) is 14.9 Å². The van der Waals surface area contributed by atoms with E-state index in [2.05, 4.69) is 28.1 Å². The number of nitrogens with zero attached hydrogens (tertiary/aromatic N) is 2. The van der Waals surface area contributed by atoms with Crippen LogP contribution in [-0.2, 0) is 12.8 Å². The third-order valence-corrected chi connectivity index (χ3v) is 4.35. The van der Waals surface area contributed by atoms with Crippen molar-refractivity contribution in [3.05, 3.63) is 17.7 Å². The van der Waals surface area contributed by atoms with Crippen LogP contribution in [0.5, 0.6) is 0 Å². The Morgan fingerprint density at radius 2 is 2.24 bits per heavy atom. The Balaban J connectivity index is 1.74. The van der Waals surface area contributed by atoms with Crippen molar-refractivity contribution >= 4 is 0 Å². The molecule has 2 unspecified atom stereocenters. The molecule has 94 valence electrons. The van der Waals surface area contributed by atoms with Crippen LogP contribution >= 0.6 is 0 Å². The number of hydrogen-bond donors (Lipinski definition) is 1. The van der Waals surface area contributed by atoms with E-state index >= 15 is 0 Å². The first-order valence-corrected chi connectivity index (χ1v) is 7.16. The minimum absolute atomic E-state index is 0.702. The smallest absolute Gasteiger partial charge is 0.0954 e. The van der Waals surface area contributed by atoms with Crippen LogP contribution in [0.1, 0.15) is 56.5 Å².